The summed E-state index contributed by atoms with van der Waals surface area (Å²) >= 11 is 4.08. The summed E-state index contributed by atoms with van der Waals surface area (Å²) in [6.07, 6.45) is 0. The predicted octanol–water partition coefficient (Wildman–Crippen LogP) is 12.4. The summed E-state index contributed by atoms with van der Waals surface area (Å²) in [6.45, 7) is 0. The van der Waals surface area contributed by atoms with E-state index in [9.17, 15) is 0 Å². The van der Waals surface area contributed by atoms with Gasteiger partial charge >= 0.3 is 0 Å². The van der Waals surface area contributed by atoms with E-state index in [1.165, 1.54) is 43.4 Å². The molecule has 1 aromatic heterocycles. The van der Waals surface area contributed by atoms with Gasteiger partial charge in [-0.15, -0.1) is 0 Å². The Hall–Kier alpha value is -5.97. The van der Waals surface area contributed by atoms with Gasteiger partial charge in [-0.2, -0.15) is 0 Å². The van der Waals surface area contributed by atoms with Crippen LogP contribution in [0.15, 0.2) is 174 Å². The smallest absolute Gasteiger partial charge is 0.164 e. The quantitative estimate of drug-likeness (QED) is 0.169. The Bertz CT molecular complexity index is 2600. The highest BCUT2D eigenvalue weighted by Gasteiger charge is 2.20. The number of nitrogens with zero attached hydrogens (tertiary/aromatic N) is 3. The monoisotopic (exact) mass is 689 g/mol. The molecule has 8 aromatic carbocycles. The van der Waals surface area contributed by atoms with Crippen molar-refractivity contribution in [3.8, 4) is 56.4 Å². The second-order valence-electron chi connectivity index (χ2n) is 12.1. The van der Waals surface area contributed by atoms with Crippen LogP contribution in [0.3, 0.4) is 0 Å². The number of halogens is 1. The standard InChI is InChI=1S/C45H28BrN3/c46-39-28-38(29-15-4-1-5-16-29)41-36-25-12-10-23-34(36)35-24-11-13-26-37(35)42(41)40(39)32-21-14-22-33(27-32)45-48-43(30-17-6-2-7-18-30)47-44(49-45)31-19-8-3-9-20-31/h1-28H. The lowest BCUT2D eigenvalue weighted by Gasteiger charge is -2.20. The van der Waals surface area contributed by atoms with Crippen molar-refractivity contribution in [2.45, 2.75) is 0 Å². The molecule has 3 nitrogen and oxygen atoms in total. The van der Waals surface area contributed by atoms with Crippen LogP contribution in [0.2, 0.25) is 0 Å². The highest BCUT2D eigenvalue weighted by Crippen LogP contribution is 2.48. The molecule has 0 aliphatic rings. The van der Waals surface area contributed by atoms with Crippen molar-refractivity contribution in [3.63, 3.8) is 0 Å². The first kappa shape index (κ1) is 29.2. The van der Waals surface area contributed by atoms with E-state index in [0.29, 0.717) is 17.5 Å². The largest absolute Gasteiger partial charge is 0.208 e. The highest BCUT2D eigenvalue weighted by atomic mass is 79.9. The summed E-state index contributed by atoms with van der Waals surface area (Å²) in [4.78, 5) is 15.0. The zero-order valence-corrected chi connectivity index (χ0v) is 28.0. The van der Waals surface area contributed by atoms with Crippen molar-refractivity contribution in [2.75, 3.05) is 0 Å². The molecular weight excluding hydrogens is 662 g/mol. The lowest BCUT2D eigenvalue weighted by Crippen LogP contribution is -2.00. The molecule has 1 heterocycles. The van der Waals surface area contributed by atoms with Crippen molar-refractivity contribution in [1.82, 2.24) is 15.0 Å². The fourth-order valence-electron chi connectivity index (χ4n) is 6.95. The zero-order valence-electron chi connectivity index (χ0n) is 26.4. The molecule has 0 aliphatic carbocycles. The van der Waals surface area contributed by atoms with Gasteiger partial charge in [0.1, 0.15) is 0 Å². The average molecular weight is 691 g/mol. The van der Waals surface area contributed by atoms with Gasteiger partial charge in [0, 0.05) is 26.7 Å². The molecule has 0 saturated carbocycles. The molecule has 0 bridgehead atoms. The zero-order chi connectivity index (χ0) is 32.7. The van der Waals surface area contributed by atoms with Crippen molar-refractivity contribution in [2.24, 2.45) is 0 Å². The van der Waals surface area contributed by atoms with Crippen LogP contribution in [-0.4, -0.2) is 15.0 Å². The Morgan fingerprint density at radius 3 is 1.29 bits per heavy atom. The topological polar surface area (TPSA) is 38.7 Å². The van der Waals surface area contributed by atoms with Gasteiger partial charge in [0.05, 0.1) is 0 Å². The Labute approximate surface area is 292 Å². The van der Waals surface area contributed by atoms with Crippen LogP contribution in [0.4, 0.5) is 0 Å². The fourth-order valence-corrected chi connectivity index (χ4v) is 7.61. The highest BCUT2D eigenvalue weighted by molar-refractivity contribution is 9.10. The number of fused-ring (bicyclic) bond motifs is 6. The van der Waals surface area contributed by atoms with Crippen molar-refractivity contribution in [1.29, 1.82) is 0 Å². The maximum Gasteiger partial charge on any atom is 0.164 e. The van der Waals surface area contributed by atoms with Gasteiger partial charge in [0.25, 0.3) is 0 Å². The molecule has 0 fully saturated rings. The van der Waals surface area contributed by atoms with E-state index in [4.69, 9.17) is 15.0 Å². The molecule has 9 aromatic rings. The third kappa shape index (κ3) is 5.18. The van der Waals surface area contributed by atoms with Crippen LogP contribution in [0.5, 0.6) is 0 Å². The lowest BCUT2D eigenvalue weighted by molar-refractivity contribution is 1.07. The summed E-state index contributed by atoms with van der Waals surface area (Å²) in [6, 6.07) is 59.3. The molecule has 0 aliphatic heterocycles. The molecular formula is C45H28BrN3. The molecule has 0 radical (unpaired) electrons. The van der Waals surface area contributed by atoms with Crippen molar-refractivity contribution >= 4 is 48.2 Å². The summed E-state index contributed by atoms with van der Waals surface area (Å²) < 4.78 is 1.03. The van der Waals surface area contributed by atoms with E-state index in [1.807, 2.05) is 60.7 Å². The van der Waals surface area contributed by atoms with Crippen LogP contribution >= 0.6 is 15.9 Å². The minimum absolute atomic E-state index is 0.631. The van der Waals surface area contributed by atoms with Gasteiger partial charge in [0.15, 0.2) is 17.5 Å². The molecule has 230 valence electrons. The van der Waals surface area contributed by atoms with E-state index in [2.05, 4.69) is 125 Å². The molecule has 0 saturated heterocycles. The maximum atomic E-state index is 5.03. The van der Waals surface area contributed by atoms with E-state index in [1.54, 1.807) is 0 Å². The van der Waals surface area contributed by atoms with Gasteiger partial charge in [-0.25, -0.2) is 15.0 Å². The van der Waals surface area contributed by atoms with Crippen LogP contribution in [0.1, 0.15) is 0 Å². The first-order valence-corrected chi connectivity index (χ1v) is 17.1. The predicted molar refractivity (Wildman–Crippen MR) is 207 cm³/mol. The molecule has 9 rings (SSSR count). The Morgan fingerprint density at radius 1 is 0.327 bits per heavy atom. The molecule has 0 N–H and O–H groups in total. The minimum atomic E-state index is 0.631. The van der Waals surface area contributed by atoms with Gasteiger partial charge < -0.3 is 0 Å². The SMILES string of the molecule is Brc1cc(-c2ccccc2)c2c3ccccc3c3ccccc3c2c1-c1cccc(-c2nc(-c3ccccc3)nc(-c3ccccc3)n2)c1. The third-order valence-corrected chi connectivity index (χ3v) is 9.78. The first-order chi connectivity index (χ1) is 24.2. The number of hydrogen-bond donors (Lipinski definition) is 0. The van der Waals surface area contributed by atoms with Gasteiger partial charge in [-0.05, 0) is 61.1 Å². The molecule has 4 heteroatoms. The van der Waals surface area contributed by atoms with Gasteiger partial charge in [-0.1, -0.05) is 174 Å². The summed E-state index contributed by atoms with van der Waals surface area (Å²) in [5.41, 5.74) is 7.41. The van der Waals surface area contributed by atoms with E-state index in [0.717, 1.165) is 32.3 Å². The van der Waals surface area contributed by atoms with Gasteiger partial charge in [-0.3, -0.25) is 0 Å². The Kier molecular flexibility index (Phi) is 7.29. The van der Waals surface area contributed by atoms with E-state index in [-0.39, 0.29) is 0 Å². The average Bonchev–Trinajstić information content (AvgIpc) is 3.18. The van der Waals surface area contributed by atoms with Crippen LogP contribution in [0.25, 0.3) is 88.7 Å². The third-order valence-electron chi connectivity index (χ3n) is 9.16. The van der Waals surface area contributed by atoms with E-state index < -0.39 is 0 Å². The molecule has 0 spiro atoms. The second-order valence-corrected chi connectivity index (χ2v) is 13.0. The first-order valence-electron chi connectivity index (χ1n) is 16.3. The number of aromatic nitrogens is 3. The fraction of sp³-hybridized carbons (Fsp3) is 0. The Morgan fingerprint density at radius 2 is 0.735 bits per heavy atom. The van der Waals surface area contributed by atoms with Crippen LogP contribution < -0.4 is 0 Å². The molecule has 49 heavy (non-hydrogen) atoms. The number of benzene rings is 8. The second kappa shape index (κ2) is 12.2. The summed E-state index contributed by atoms with van der Waals surface area (Å²) in [5.74, 6) is 1.92. The van der Waals surface area contributed by atoms with Crippen molar-refractivity contribution < 1.29 is 0 Å². The van der Waals surface area contributed by atoms with E-state index >= 15 is 0 Å². The van der Waals surface area contributed by atoms with Gasteiger partial charge in [0.2, 0.25) is 0 Å². The normalized spacial score (nSPS) is 11.4. The maximum absolute atomic E-state index is 5.03. The van der Waals surface area contributed by atoms with Crippen LogP contribution in [0, 0.1) is 0 Å². The Balaban J connectivity index is 1.33. The number of rotatable bonds is 5. The summed E-state index contributed by atoms with van der Waals surface area (Å²) in [7, 11) is 0. The van der Waals surface area contributed by atoms with Crippen LogP contribution in [-0.2, 0) is 0 Å². The molecule has 0 unspecified atom stereocenters. The van der Waals surface area contributed by atoms with Crippen molar-refractivity contribution in [3.05, 3.63) is 174 Å². The lowest BCUT2D eigenvalue weighted by atomic mass is 9.85. The summed E-state index contributed by atoms with van der Waals surface area (Å²) in [5, 5.41) is 7.38. The molecule has 0 atom stereocenters. The molecule has 0 amide bonds. The minimum Gasteiger partial charge on any atom is -0.208 e. The number of hydrogen-bond acceptors (Lipinski definition) is 3.